The number of thioether (sulfide) groups is 1. The van der Waals surface area contributed by atoms with Crippen LogP contribution < -0.4 is 5.73 Å². The van der Waals surface area contributed by atoms with Crippen molar-refractivity contribution in [2.45, 2.75) is 30.0 Å². The molecule has 2 N–H and O–H groups in total. The predicted molar refractivity (Wildman–Crippen MR) is 84.6 cm³/mol. The van der Waals surface area contributed by atoms with Gasteiger partial charge >= 0.3 is 0 Å². The van der Waals surface area contributed by atoms with E-state index in [0.717, 1.165) is 6.07 Å². The molecule has 0 spiro atoms. The number of rotatable bonds is 3. The van der Waals surface area contributed by atoms with E-state index in [1.807, 2.05) is 13.8 Å². The molecule has 2 rings (SSSR count). The molecule has 0 bridgehead atoms. The first-order valence-corrected chi connectivity index (χ1v) is 9.30. The van der Waals surface area contributed by atoms with Gasteiger partial charge in [0.25, 0.3) is 0 Å². The summed E-state index contributed by atoms with van der Waals surface area (Å²) in [4.78, 5) is -0.0902. The van der Waals surface area contributed by atoms with Gasteiger partial charge in [-0.25, -0.2) is 12.8 Å². The molecule has 1 aromatic rings. The lowest BCUT2D eigenvalue weighted by molar-refractivity contribution is 0.387. The van der Waals surface area contributed by atoms with Crippen LogP contribution in [0.1, 0.15) is 19.4 Å². The van der Waals surface area contributed by atoms with Gasteiger partial charge in [-0.05, 0) is 31.5 Å². The van der Waals surface area contributed by atoms with Crippen molar-refractivity contribution in [1.82, 2.24) is 4.31 Å². The third kappa shape index (κ3) is 3.53. The summed E-state index contributed by atoms with van der Waals surface area (Å²) < 4.78 is 40.4. The molecule has 118 valence electrons. The molecule has 0 atom stereocenters. The maximum absolute atomic E-state index is 13.8. The van der Waals surface area contributed by atoms with Gasteiger partial charge < -0.3 is 5.73 Å². The van der Waals surface area contributed by atoms with E-state index in [1.165, 1.54) is 10.4 Å². The zero-order valence-corrected chi connectivity index (χ0v) is 14.3. The van der Waals surface area contributed by atoms with Gasteiger partial charge in [-0.2, -0.15) is 16.1 Å². The normalized spacial score (nSPS) is 19.7. The van der Waals surface area contributed by atoms with Crippen LogP contribution in [0.2, 0.25) is 5.02 Å². The largest absolute Gasteiger partial charge is 0.326 e. The smallest absolute Gasteiger partial charge is 0.243 e. The monoisotopic (exact) mass is 352 g/mol. The molecule has 21 heavy (non-hydrogen) atoms. The lowest BCUT2D eigenvalue weighted by Crippen LogP contribution is -2.46. The fourth-order valence-corrected chi connectivity index (χ4v) is 5.40. The zero-order chi connectivity index (χ0) is 15.8. The molecule has 0 amide bonds. The highest BCUT2D eigenvalue weighted by Gasteiger charge is 2.35. The summed E-state index contributed by atoms with van der Waals surface area (Å²) in [6.07, 6.45) is 0. The summed E-state index contributed by atoms with van der Waals surface area (Å²) in [5.41, 5.74) is 5.78. The number of benzene rings is 1. The Labute approximate surface area is 133 Å². The molecule has 1 saturated heterocycles. The molecule has 1 aromatic carbocycles. The van der Waals surface area contributed by atoms with Crippen LogP contribution in [-0.4, -0.2) is 36.3 Å². The number of nitrogens with two attached hydrogens (primary N) is 1. The fourth-order valence-electron chi connectivity index (χ4n) is 2.24. The van der Waals surface area contributed by atoms with Gasteiger partial charge in [-0.3, -0.25) is 0 Å². The van der Waals surface area contributed by atoms with E-state index >= 15 is 0 Å². The molecule has 0 aliphatic carbocycles. The summed E-state index contributed by atoms with van der Waals surface area (Å²) in [6.45, 7) is 4.78. The Hall–Kier alpha value is -0.340. The Kier molecular flexibility index (Phi) is 4.90. The average Bonchev–Trinajstić information content (AvgIpc) is 2.40. The van der Waals surface area contributed by atoms with E-state index in [9.17, 15) is 12.8 Å². The Bertz CT molecular complexity index is 650. The second-order valence-electron chi connectivity index (χ2n) is 5.53. The third-order valence-electron chi connectivity index (χ3n) is 3.33. The lowest BCUT2D eigenvalue weighted by atomic mass is 10.2. The van der Waals surface area contributed by atoms with E-state index in [4.69, 9.17) is 17.3 Å². The molecule has 0 saturated carbocycles. The second kappa shape index (κ2) is 6.04. The van der Waals surface area contributed by atoms with Crippen LogP contribution in [-0.2, 0) is 16.6 Å². The minimum atomic E-state index is -3.74. The van der Waals surface area contributed by atoms with Crippen molar-refractivity contribution in [3.8, 4) is 0 Å². The Morgan fingerprint density at radius 3 is 2.71 bits per heavy atom. The summed E-state index contributed by atoms with van der Waals surface area (Å²) in [6, 6.07) is 2.32. The van der Waals surface area contributed by atoms with Crippen molar-refractivity contribution in [1.29, 1.82) is 0 Å². The summed E-state index contributed by atoms with van der Waals surface area (Å²) in [7, 11) is -3.74. The number of hydrogen-bond acceptors (Lipinski definition) is 4. The zero-order valence-electron chi connectivity index (χ0n) is 11.9. The minimum absolute atomic E-state index is 0.0134. The van der Waals surface area contributed by atoms with Crippen molar-refractivity contribution in [2.75, 3.05) is 18.8 Å². The van der Waals surface area contributed by atoms with Crippen LogP contribution >= 0.6 is 23.4 Å². The van der Waals surface area contributed by atoms with E-state index in [-0.39, 0.29) is 21.2 Å². The molecule has 0 radical (unpaired) electrons. The Morgan fingerprint density at radius 2 is 2.14 bits per heavy atom. The van der Waals surface area contributed by atoms with Crippen LogP contribution in [0.15, 0.2) is 17.0 Å². The minimum Gasteiger partial charge on any atom is -0.326 e. The molecule has 0 aromatic heterocycles. The topological polar surface area (TPSA) is 63.4 Å². The Morgan fingerprint density at radius 1 is 1.48 bits per heavy atom. The molecular weight excluding hydrogens is 335 g/mol. The quantitative estimate of drug-likeness (QED) is 0.907. The first kappa shape index (κ1) is 17.0. The number of hydrogen-bond donors (Lipinski definition) is 1. The number of sulfonamides is 1. The average molecular weight is 353 g/mol. The van der Waals surface area contributed by atoms with Gasteiger partial charge in [0.1, 0.15) is 5.82 Å². The van der Waals surface area contributed by atoms with Crippen molar-refractivity contribution in [2.24, 2.45) is 5.73 Å². The van der Waals surface area contributed by atoms with Crippen molar-refractivity contribution in [3.05, 3.63) is 28.5 Å². The van der Waals surface area contributed by atoms with Gasteiger partial charge in [0.05, 0.1) is 9.92 Å². The Balaban J connectivity index is 2.42. The van der Waals surface area contributed by atoms with Crippen LogP contribution in [0.25, 0.3) is 0 Å². The molecule has 0 unspecified atom stereocenters. The lowest BCUT2D eigenvalue weighted by Gasteiger charge is -2.36. The maximum atomic E-state index is 13.8. The van der Waals surface area contributed by atoms with Crippen molar-refractivity contribution in [3.63, 3.8) is 0 Å². The first-order chi connectivity index (χ1) is 9.67. The number of nitrogens with zero attached hydrogens (tertiary/aromatic N) is 1. The van der Waals surface area contributed by atoms with E-state index in [2.05, 4.69) is 0 Å². The molecule has 1 heterocycles. The van der Waals surface area contributed by atoms with Crippen LogP contribution in [0.5, 0.6) is 0 Å². The van der Waals surface area contributed by atoms with Gasteiger partial charge in [0.2, 0.25) is 10.0 Å². The van der Waals surface area contributed by atoms with Crippen LogP contribution in [0.4, 0.5) is 4.39 Å². The molecule has 1 aliphatic heterocycles. The second-order valence-corrected chi connectivity index (χ2v) is 9.65. The molecule has 1 fully saturated rings. The predicted octanol–water partition coefficient (Wildman–Crippen LogP) is 2.45. The van der Waals surface area contributed by atoms with Crippen LogP contribution in [0.3, 0.4) is 0 Å². The van der Waals surface area contributed by atoms with E-state index in [0.29, 0.717) is 24.4 Å². The van der Waals surface area contributed by atoms with Gasteiger partial charge in [0, 0.05) is 30.1 Å². The van der Waals surface area contributed by atoms with Gasteiger partial charge in [0.15, 0.2) is 0 Å². The molecule has 8 heteroatoms. The standard InChI is InChI=1S/C13H18ClFN2O2S2/c1-13(2)8-17(3-4-20-13)21(18,19)10-5-9(7-16)12(14)11(15)6-10/h5-6H,3-4,7-8,16H2,1-2H3. The third-order valence-corrected chi connectivity index (χ3v) is 6.87. The van der Waals surface area contributed by atoms with Gasteiger partial charge in [-0.15, -0.1) is 0 Å². The van der Waals surface area contributed by atoms with Crippen molar-refractivity contribution >= 4 is 33.4 Å². The summed E-state index contributed by atoms with van der Waals surface area (Å²) in [5, 5.41) is -0.119. The van der Waals surface area contributed by atoms with E-state index in [1.54, 1.807) is 11.8 Å². The number of halogens is 2. The van der Waals surface area contributed by atoms with Gasteiger partial charge in [-0.1, -0.05) is 11.6 Å². The molecule has 4 nitrogen and oxygen atoms in total. The summed E-state index contributed by atoms with van der Waals surface area (Å²) in [5.74, 6) is -0.0460. The highest BCUT2D eigenvalue weighted by molar-refractivity contribution is 8.00. The van der Waals surface area contributed by atoms with E-state index < -0.39 is 15.8 Å². The fraction of sp³-hybridized carbons (Fsp3) is 0.538. The van der Waals surface area contributed by atoms with Crippen molar-refractivity contribution < 1.29 is 12.8 Å². The first-order valence-electron chi connectivity index (χ1n) is 6.49. The SMILES string of the molecule is CC1(C)CN(S(=O)(=O)c2cc(F)c(Cl)c(CN)c2)CCS1. The highest BCUT2D eigenvalue weighted by Crippen LogP contribution is 2.33. The molecular formula is C13H18ClFN2O2S2. The van der Waals surface area contributed by atoms with Crippen LogP contribution in [0, 0.1) is 5.82 Å². The summed E-state index contributed by atoms with van der Waals surface area (Å²) >= 11 is 7.51. The molecule has 1 aliphatic rings. The highest BCUT2D eigenvalue weighted by atomic mass is 35.5. The maximum Gasteiger partial charge on any atom is 0.243 e.